The van der Waals surface area contributed by atoms with Crippen LogP contribution < -0.4 is 5.73 Å². The molecule has 0 aliphatic carbocycles. The van der Waals surface area contributed by atoms with Crippen LogP contribution in [0.25, 0.3) is 22.4 Å². The van der Waals surface area contributed by atoms with E-state index in [-0.39, 0.29) is 5.92 Å². The fourth-order valence-corrected chi connectivity index (χ4v) is 2.98. The highest BCUT2D eigenvalue weighted by atomic mass is 35.5. The molecule has 3 aromatic rings. The SMILES string of the molecule is C=C(N)C(C)c1c(C)nc(-c2n[nH]c3cc(Cl)ccc23)nc1C. The molecule has 2 heterocycles. The van der Waals surface area contributed by atoms with Gasteiger partial charge in [0, 0.05) is 39.0 Å². The monoisotopic (exact) mass is 327 g/mol. The van der Waals surface area contributed by atoms with E-state index in [1.807, 2.05) is 39.0 Å². The van der Waals surface area contributed by atoms with Crippen molar-refractivity contribution in [3.05, 3.63) is 52.4 Å². The third kappa shape index (κ3) is 2.68. The average Bonchev–Trinajstić information content (AvgIpc) is 2.88. The van der Waals surface area contributed by atoms with Crippen LogP contribution in [-0.2, 0) is 0 Å². The molecule has 118 valence electrons. The first-order valence-electron chi connectivity index (χ1n) is 7.32. The molecular formula is C17H18ClN5. The molecule has 0 fully saturated rings. The van der Waals surface area contributed by atoms with Crippen LogP contribution in [0.3, 0.4) is 0 Å². The van der Waals surface area contributed by atoms with Crippen molar-refractivity contribution in [2.24, 2.45) is 5.73 Å². The third-order valence-corrected chi connectivity index (χ3v) is 4.29. The summed E-state index contributed by atoms with van der Waals surface area (Å²) in [5.74, 6) is 0.603. The first kappa shape index (κ1) is 15.5. The van der Waals surface area contributed by atoms with E-state index in [1.54, 1.807) is 0 Å². The van der Waals surface area contributed by atoms with Crippen LogP contribution in [0.15, 0.2) is 30.5 Å². The topological polar surface area (TPSA) is 80.5 Å². The fourth-order valence-electron chi connectivity index (χ4n) is 2.81. The summed E-state index contributed by atoms with van der Waals surface area (Å²) in [5, 5.41) is 8.92. The van der Waals surface area contributed by atoms with Crippen molar-refractivity contribution >= 4 is 22.5 Å². The maximum atomic E-state index is 6.01. The van der Waals surface area contributed by atoms with Crippen LogP contribution in [0.5, 0.6) is 0 Å². The van der Waals surface area contributed by atoms with Crippen molar-refractivity contribution in [2.45, 2.75) is 26.7 Å². The summed E-state index contributed by atoms with van der Waals surface area (Å²) in [5.41, 5.74) is 10.8. The van der Waals surface area contributed by atoms with E-state index in [0.29, 0.717) is 22.2 Å². The number of nitrogens with one attached hydrogen (secondary N) is 1. The highest BCUT2D eigenvalue weighted by Gasteiger charge is 2.19. The molecule has 1 atom stereocenters. The lowest BCUT2D eigenvalue weighted by Crippen LogP contribution is -2.11. The van der Waals surface area contributed by atoms with Gasteiger partial charge in [-0.3, -0.25) is 5.10 Å². The minimum Gasteiger partial charge on any atom is -0.402 e. The van der Waals surface area contributed by atoms with Crippen LogP contribution in [0.4, 0.5) is 0 Å². The molecule has 3 rings (SSSR count). The number of fused-ring (bicyclic) bond motifs is 1. The second-order valence-electron chi connectivity index (χ2n) is 5.69. The van der Waals surface area contributed by atoms with Gasteiger partial charge in [-0.25, -0.2) is 9.97 Å². The summed E-state index contributed by atoms with van der Waals surface area (Å²) in [4.78, 5) is 9.26. The summed E-state index contributed by atoms with van der Waals surface area (Å²) < 4.78 is 0. The Hall–Kier alpha value is -2.40. The van der Waals surface area contributed by atoms with Gasteiger partial charge in [0.2, 0.25) is 0 Å². The van der Waals surface area contributed by atoms with Gasteiger partial charge in [-0.05, 0) is 32.0 Å². The van der Waals surface area contributed by atoms with Gasteiger partial charge in [0.1, 0.15) is 5.69 Å². The second-order valence-corrected chi connectivity index (χ2v) is 6.13. The molecule has 1 unspecified atom stereocenters. The van der Waals surface area contributed by atoms with Crippen LogP contribution >= 0.6 is 11.6 Å². The zero-order chi connectivity index (χ0) is 16.7. The number of H-pyrrole nitrogens is 1. The van der Waals surface area contributed by atoms with Crippen LogP contribution in [0.1, 0.15) is 29.8 Å². The number of halogens is 1. The molecular weight excluding hydrogens is 310 g/mol. The number of aryl methyl sites for hydroxylation is 2. The van der Waals surface area contributed by atoms with E-state index in [4.69, 9.17) is 17.3 Å². The Morgan fingerprint density at radius 3 is 2.52 bits per heavy atom. The number of hydrogen-bond donors (Lipinski definition) is 2. The average molecular weight is 328 g/mol. The Balaban J connectivity index is 2.15. The van der Waals surface area contributed by atoms with Crippen LogP contribution in [0.2, 0.25) is 5.02 Å². The van der Waals surface area contributed by atoms with Crippen molar-refractivity contribution < 1.29 is 0 Å². The summed E-state index contributed by atoms with van der Waals surface area (Å²) in [6.07, 6.45) is 0. The predicted octanol–water partition coefficient (Wildman–Crippen LogP) is 3.87. The molecule has 3 N–H and O–H groups in total. The van der Waals surface area contributed by atoms with Crippen molar-refractivity contribution in [2.75, 3.05) is 0 Å². The van der Waals surface area contributed by atoms with Crippen LogP contribution in [-0.4, -0.2) is 20.2 Å². The van der Waals surface area contributed by atoms with Gasteiger partial charge in [0.05, 0.1) is 5.52 Å². The van der Waals surface area contributed by atoms with E-state index in [1.165, 1.54) is 0 Å². The van der Waals surface area contributed by atoms with Gasteiger partial charge >= 0.3 is 0 Å². The molecule has 0 amide bonds. The van der Waals surface area contributed by atoms with Gasteiger partial charge < -0.3 is 5.73 Å². The molecule has 0 saturated heterocycles. The standard InChI is InChI=1S/C17H18ClN5/c1-8(9(2)19)15-10(3)20-17(21-11(15)4)16-13-6-5-12(18)7-14(13)22-23-16/h5-8H,2,19H2,1,3-4H3,(H,22,23). The molecule has 2 aromatic heterocycles. The lowest BCUT2D eigenvalue weighted by Gasteiger charge is -2.16. The molecule has 6 heteroatoms. The van der Waals surface area contributed by atoms with E-state index in [2.05, 4.69) is 26.7 Å². The van der Waals surface area contributed by atoms with Gasteiger partial charge in [-0.2, -0.15) is 5.10 Å². The number of nitrogens with two attached hydrogens (primary N) is 1. The van der Waals surface area contributed by atoms with Crippen molar-refractivity contribution in [1.29, 1.82) is 0 Å². The number of rotatable bonds is 3. The van der Waals surface area contributed by atoms with E-state index < -0.39 is 0 Å². The first-order chi connectivity index (χ1) is 10.9. The quantitative estimate of drug-likeness (QED) is 0.765. The molecule has 0 aliphatic rings. The molecule has 0 spiro atoms. The summed E-state index contributed by atoms with van der Waals surface area (Å²) in [7, 11) is 0. The number of hydrogen-bond acceptors (Lipinski definition) is 4. The maximum absolute atomic E-state index is 6.01. The van der Waals surface area contributed by atoms with Crippen LogP contribution in [0, 0.1) is 13.8 Å². The Bertz CT molecular complexity index is 889. The first-order valence-corrected chi connectivity index (χ1v) is 7.69. The van der Waals surface area contributed by atoms with Crippen molar-refractivity contribution in [1.82, 2.24) is 20.2 Å². The number of nitrogens with zero attached hydrogens (tertiary/aromatic N) is 3. The Morgan fingerprint density at radius 2 is 1.91 bits per heavy atom. The molecule has 5 nitrogen and oxygen atoms in total. The van der Waals surface area contributed by atoms with E-state index in [0.717, 1.165) is 27.9 Å². The summed E-state index contributed by atoms with van der Waals surface area (Å²) in [6, 6.07) is 5.59. The van der Waals surface area contributed by atoms with Crippen molar-refractivity contribution in [3.63, 3.8) is 0 Å². The van der Waals surface area contributed by atoms with Crippen molar-refractivity contribution in [3.8, 4) is 11.5 Å². The number of allylic oxidation sites excluding steroid dienone is 1. The molecule has 1 aromatic carbocycles. The zero-order valence-corrected chi connectivity index (χ0v) is 14.1. The number of aromatic amines is 1. The van der Waals surface area contributed by atoms with Gasteiger partial charge in [-0.15, -0.1) is 0 Å². The second kappa shape index (κ2) is 5.66. The lowest BCUT2D eigenvalue weighted by atomic mass is 9.95. The predicted molar refractivity (Wildman–Crippen MR) is 93.3 cm³/mol. The smallest absolute Gasteiger partial charge is 0.181 e. The fraction of sp³-hybridized carbons (Fsp3) is 0.235. The van der Waals surface area contributed by atoms with Gasteiger partial charge in [0.15, 0.2) is 5.82 Å². The van der Waals surface area contributed by atoms with Gasteiger partial charge in [0.25, 0.3) is 0 Å². The third-order valence-electron chi connectivity index (χ3n) is 4.05. The zero-order valence-electron chi connectivity index (χ0n) is 13.3. The largest absolute Gasteiger partial charge is 0.402 e. The molecule has 23 heavy (non-hydrogen) atoms. The summed E-state index contributed by atoms with van der Waals surface area (Å²) in [6.45, 7) is 9.75. The van der Waals surface area contributed by atoms with Gasteiger partial charge in [-0.1, -0.05) is 25.1 Å². The minimum absolute atomic E-state index is 0.0128. The van der Waals surface area contributed by atoms with E-state index in [9.17, 15) is 0 Å². The highest BCUT2D eigenvalue weighted by molar-refractivity contribution is 6.31. The molecule has 0 aliphatic heterocycles. The normalized spacial score (nSPS) is 12.5. The summed E-state index contributed by atoms with van der Waals surface area (Å²) >= 11 is 6.01. The molecule has 0 saturated carbocycles. The number of benzene rings is 1. The lowest BCUT2D eigenvalue weighted by molar-refractivity contribution is 0.828. The Kier molecular flexibility index (Phi) is 3.82. The Morgan fingerprint density at radius 1 is 1.26 bits per heavy atom. The maximum Gasteiger partial charge on any atom is 0.181 e. The number of aromatic nitrogens is 4. The van der Waals surface area contributed by atoms with E-state index >= 15 is 0 Å². The minimum atomic E-state index is 0.0128. The highest BCUT2D eigenvalue weighted by Crippen LogP contribution is 2.30. The Labute approximate surface area is 139 Å². The molecule has 0 bridgehead atoms. The molecule has 0 radical (unpaired) electrons.